The molecule has 0 aromatic carbocycles. The molecule has 0 atom stereocenters. The number of pyridine rings is 1. The van der Waals surface area contributed by atoms with Crippen molar-refractivity contribution in [3.63, 3.8) is 0 Å². The van der Waals surface area contributed by atoms with E-state index in [2.05, 4.69) is 4.98 Å². The van der Waals surface area contributed by atoms with Crippen molar-refractivity contribution in [1.29, 1.82) is 0 Å². The molecule has 1 aliphatic rings. The minimum absolute atomic E-state index is 0.198. The van der Waals surface area contributed by atoms with Crippen LogP contribution in [0.25, 0.3) is 0 Å². The summed E-state index contributed by atoms with van der Waals surface area (Å²) in [5.74, 6) is -0.199. The third-order valence-electron chi connectivity index (χ3n) is 2.76. The summed E-state index contributed by atoms with van der Waals surface area (Å²) in [5.41, 5.74) is 0.893. The van der Waals surface area contributed by atoms with Crippen LogP contribution in [0, 0.1) is 0 Å². The fraction of sp³-hybridized carbons (Fsp3) is 0.455. The minimum Gasteiger partial charge on any atom is -0.469 e. The molecular formula is C11H13NO3. The van der Waals surface area contributed by atoms with Crippen molar-refractivity contribution in [2.45, 2.75) is 11.8 Å². The summed E-state index contributed by atoms with van der Waals surface area (Å²) < 4.78 is 9.90. The second-order valence-corrected chi connectivity index (χ2v) is 3.76. The molecule has 1 saturated heterocycles. The number of carbonyl (C=O) groups excluding carboxylic acids is 1. The summed E-state index contributed by atoms with van der Waals surface area (Å²) in [7, 11) is 1.40. The van der Waals surface area contributed by atoms with E-state index in [0.29, 0.717) is 19.6 Å². The lowest BCUT2D eigenvalue weighted by atomic mass is 9.76. The Morgan fingerprint density at radius 2 is 2.20 bits per heavy atom. The number of carbonyl (C=O) groups is 1. The van der Waals surface area contributed by atoms with Crippen LogP contribution in [0.1, 0.15) is 12.0 Å². The molecule has 0 radical (unpaired) electrons. The SMILES string of the molecule is COC(=O)CC1(c2ccncc2)COC1. The standard InChI is InChI=1S/C11H13NO3/c1-14-10(13)6-11(7-15-8-11)9-2-4-12-5-3-9/h2-5H,6-8H2,1H3. The van der Waals surface area contributed by atoms with Crippen molar-refractivity contribution in [3.8, 4) is 0 Å². The first kappa shape index (κ1) is 10.1. The lowest BCUT2D eigenvalue weighted by molar-refractivity contribution is -0.148. The highest BCUT2D eigenvalue weighted by molar-refractivity contribution is 5.71. The first-order valence-electron chi connectivity index (χ1n) is 4.82. The molecule has 0 aliphatic carbocycles. The molecule has 1 aromatic rings. The Hall–Kier alpha value is -1.42. The van der Waals surface area contributed by atoms with Gasteiger partial charge in [0.25, 0.3) is 0 Å². The second-order valence-electron chi connectivity index (χ2n) is 3.76. The molecule has 0 unspecified atom stereocenters. The molecule has 0 spiro atoms. The quantitative estimate of drug-likeness (QED) is 0.691. The third kappa shape index (κ3) is 1.85. The highest BCUT2D eigenvalue weighted by Crippen LogP contribution is 2.35. The van der Waals surface area contributed by atoms with Crippen molar-refractivity contribution < 1.29 is 14.3 Å². The van der Waals surface area contributed by atoms with Crippen molar-refractivity contribution in [1.82, 2.24) is 4.98 Å². The number of nitrogens with zero attached hydrogens (tertiary/aromatic N) is 1. The molecule has 15 heavy (non-hydrogen) atoms. The molecule has 2 rings (SSSR count). The normalized spacial score (nSPS) is 17.9. The van der Waals surface area contributed by atoms with Gasteiger partial charge in [-0.25, -0.2) is 0 Å². The number of rotatable bonds is 3. The van der Waals surface area contributed by atoms with Crippen LogP contribution in [-0.4, -0.2) is 31.3 Å². The average molecular weight is 207 g/mol. The predicted octanol–water partition coefficient (Wildman–Crippen LogP) is 0.913. The summed E-state index contributed by atoms with van der Waals surface area (Å²) in [6, 6.07) is 3.84. The Balaban J connectivity index is 2.19. The average Bonchev–Trinajstić information content (AvgIpc) is 2.24. The lowest BCUT2D eigenvalue weighted by Gasteiger charge is -2.41. The first-order valence-corrected chi connectivity index (χ1v) is 4.82. The molecular weight excluding hydrogens is 194 g/mol. The van der Waals surface area contributed by atoms with Crippen molar-refractivity contribution in [2.75, 3.05) is 20.3 Å². The molecule has 1 fully saturated rings. The molecule has 0 bridgehead atoms. The second kappa shape index (κ2) is 3.98. The van der Waals surface area contributed by atoms with E-state index < -0.39 is 0 Å². The Morgan fingerprint density at radius 1 is 1.53 bits per heavy atom. The zero-order valence-electron chi connectivity index (χ0n) is 8.60. The van der Waals surface area contributed by atoms with E-state index in [0.717, 1.165) is 5.56 Å². The number of ether oxygens (including phenoxy) is 2. The van der Waals surface area contributed by atoms with E-state index in [4.69, 9.17) is 9.47 Å². The van der Waals surface area contributed by atoms with Crippen LogP contribution < -0.4 is 0 Å². The van der Waals surface area contributed by atoms with Crippen LogP contribution in [0.15, 0.2) is 24.5 Å². The van der Waals surface area contributed by atoms with Gasteiger partial charge in [-0.3, -0.25) is 9.78 Å². The van der Waals surface area contributed by atoms with Crippen molar-refractivity contribution in [2.24, 2.45) is 0 Å². The van der Waals surface area contributed by atoms with Gasteiger partial charge >= 0.3 is 5.97 Å². The summed E-state index contributed by atoms with van der Waals surface area (Å²) in [6.45, 7) is 1.15. The fourth-order valence-electron chi connectivity index (χ4n) is 1.77. The van der Waals surface area contributed by atoms with E-state index in [-0.39, 0.29) is 11.4 Å². The summed E-state index contributed by atoms with van der Waals surface area (Å²) in [6.07, 6.45) is 3.83. The van der Waals surface area contributed by atoms with Crippen LogP contribution in [0.4, 0.5) is 0 Å². The number of hydrogen-bond acceptors (Lipinski definition) is 4. The molecule has 80 valence electrons. The Kier molecular flexibility index (Phi) is 2.68. The van der Waals surface area contributed by atoms with E-state index in [9.17, 15) is 4.79 Å². The number of hydrogen-bond donors (Lipinski definition) is 0. The summed E-state index contributed by atoms with van der Waals surface area (Å²) in [4.78, 5) is 15.3. The van der Waals surface area contributed by atoms with Gasteiger partial charge in [-0.05, 0) is 17.7 Å². The first-order chi connectivity index (χ1) is 7.27. The fourth-order valence-corrected chi connectivity index (χ4v) is 1.77. The van der Waals surface area contributed by atoms with Crippen LogP contribution in [0.2, 0.25) is 0 Å². The highest BCUT2D eigenvalue weighted by atomic mass is 16.5. The molecule has 0 amide bonds. The Bertz CT molecular complexity index is 346. The molecule has 1 aliphatic heterocycles. The van der Waals surface area contributed by atoms with Gasteiger partial charge < -0.3 is 9.47 Å². The number of methoxy groups -OCH3 is 1. The van der Waals surface area contributed by atoms with Gasteiger partial charge in [0.1, 0.15) is 0 Å². The maximum atomic E-state index is 11.3. The topological polar surface area (TPSA) is 48.4 Å². The van der Waals surface area contributed by atoms with E-state index in [1.807, 2.05) is 12.1 Å². The number of aromatic nitrogens is 1. The monoisotopic (exact) mass is 207 g/mol. The van der Waals surface area contributed by atoms with E-state index in [1.54, 1.807) is 12.4 Å². The smallest absolute Gasteiger partial charge is 0.306 e. The van der Waals surface area contributed by atoms with E-state index in [1.165, 1.54) is 7.11 Å². The minimum atomic E-state index is -0.199. The van der Waals surface area contributed by atoms with Crippen LogP contribution >= 0.6 is 0 Å². The van der Waals surface area contributed by atoms with Gasteiger partial charge in [0.05, 0.1) is 32.2 Å². The zero-order valence-corrected chi connectivity index (χ0v) is 8.60. The van der Waals surface area contributed by atoms with Crippen LogP contribution in [0.3, 0.4) is 0 Å². The maximum absolute atomic E-state index is 11.3. The third-order valence-corrected chi connectivity index (χ3v) is 2.76. The van der Waals surface area contributed by atoms with Gasteiger partial charge in [-0.15, -0.1) is 0 Å². The van der Waals surface area contributed by atoms with Gasteiger partial charge in [-0.2, -0.15) is 0 Å². The van der Waals surface area contributed by atoms with Gasteiger partial charge in [0.15, 0.2) is 0 Å². The largest absolute Gasteiger partial charge is 0.469 e. The van der Waals surface area contributed by atoms with Crippen molar-refractivity contribution >= 4 is 5.97 Å². The Morgan fingerprint density at radius 3 is 2.67 bits per heavy atom. The Labute approximate surface area is 88.2 Å². The van der Waals surface area contributed by atoms with Crippen LogP contribution in [-0.2, 0) is 19.7 Å². The van der Waals surface area contributed by atoms with Crippen molar-refractivity contribution in [3.05, 3.63) is 30.1 Å². The summed E-state index contributed by atoms with van der Waals surface area (Å²) >= 11 is 0. The van der Waals surface area contributed by atoms with Gasteiger partial charge in [0, 0.05) is 12.4 Å². The van der Waals surface area contributed by atoms with E-state index >= 15 is 0 Å². The maximum Gasteiger partial charge on any atom is 0.306 e. The predicted molar refractivity (Wildman–Crippen MR) is 53.4 cm³/mol. The molecule has 0 N–H and O–H groups in total. The molecule has 4 nitrogen and oxygen atoms in total. The molecule has 1 aromatic heterocycles. The molecule has 2 heterocycles. The van der Waals surface area contributed by atoms with Gasteiger partial charge in [-0.1, -0.05) is 0 Å². The van der Waals surface area contributed by atoms with Gasteiger partial charge in [0.2, 0.25) is 0 Å². The molecule has 0 saturated carbocycles. The van der Waals surface area contributed by atoms with Crippen LogP contribution in [0.5, 0.6) is 0 Å². The summed E-state index contributed by atoms with van der Waals surface area (Å²) in [5, 5.41) is 0. The molecule has 4 heteroatoms. The zero-order chi connectivity index (χ0) is 10.7. The highest BCUT2D eigenvalue weighted by Gasteiger charge is 2.42. The lowest BCUT2D eigenvalue weighted by Crippen LogP contribution is -2.48. The number of esters is 1.